The molecule has 4 atom stereocenters. The van der Waals surface area contributed by atoms with Gasteiger partial charge in [-0.1, -0.05) is 30.9 Å². The number of aliphatic hydroxyl groups is 1. The molecule has 3 aromatic rings. The average Bonchev–Trinajstić information content (AvgIpc) is 3.28. The molecular formula is C33H36F9N5O. The smallest absolute Gasteiger partial charge is 0.393 e. The zero-order valence-corrected chi connectivity index (χ0v) is 26.3. The second kappa shape index (κ2) is 12.2. The van der Waals surface area contributed by atoms with Crippen LogP contribution in [-0.2, 0) is 38.7 Å². The van der Waals surface area contributed by atoms with Crippen LogP contribution in [0.1, 0.15) is 91.2 Å². The summed E-state index contributed by atoms with van der Waals surface area (Å²) in [6.45, 7) is 1.05. The third-order valence-corrected chi connectivity index (χ3v) is 10.7. The minimum atomic E-state index is -5.08. The Kier molecular flexibility index (Phi) is 8.77. The summed E-state index contributed by atoms with van der Waals surface area (Å²) in [5.41, 5.74) is -3.57. The van der Waals surface area contributed by atoms with E-state index in [9.17, 15) is 44.6 Å². The van der Waals surface area contributed by atoms with Crippen LogP contribution in [0.3, 0.4) is 0 Å². The number of aromatic nitrogens is 4. The van der Waals surface area contributed by atoms with Crippen LogP contribution in [0.2, 0.25) is 0 Å². The van der Waals surface area contributed by atoms with Gasteiger partial charge in [0.25, 0.3) is 5.95 Å². The molecule has 15 heteroatoms. The number of hydrogen-bond donors (Lipinski definition) is 1. The molecule has 2 aromatic carbocycles. The molecule has 6 nitrogen and oxygen atoms in total. The van der Waals surface area contributed by atoms with Gasteiger partial charge in [0, 0.05) is 13.1 Å². The standard InChI is InChI=1S/C33H36F9N5O/c1-3-23(28-25-14-30(15-26(25)28)9-5-4-6-27(30)48)24-8-7-20(31(34,35)36)12-19(24)17-47(29-43-45-46(2)44-29)16-18-10-21(32(37,38)39)13-22(11-18)33(40,41)42/h7-8,10-13,23,25-28,48H,3-6,9,14-17H2,1-2H3/t23?,25?,26?,27-,28?,30?/m1/s1. The SMILES string of the molecule is CCC(c1ccc(C(F)(F)F)cc1CN(Cc1cc(C(F)(F)F)cc(C(F)(F)F)c1)c1nnn(C)n1)C1C2CC3(CCCC[C@H]3O)CC21. The zero-order chi connectivity index (χ0) is 34.8. The summed E-state index contributed by atoms with van der Waals surface area (Å²) in [6, 6.07) is 4.65. The molecule has 262 valence electrons. The summed E-state index contributed by atoms with van der Waals surface area (Å²) in [7, 11) is 1.41. The number of aryl methyl sites for hydroxylation is 1. The largest absolute Gasteiger partial charge is 0.416 e. The van der Waals surface area contributed by atoms with Crippen LogP contribution in [0.15, 0.2) is 36.4 Å². The number of rotatable bonds is 8. The Morgan fingerprint density at radius 1 is 0.875 bits per heavy atom. The van der Waals surface area contributed by atoms with Crippen molar-refractivity contribution in [3.05, 3.63) is 69.8 Å². The third-order valence-electron chi connectivity index (χ3n) is 10.7. The topological polar surface area (TPSA) is 67.1 Å². The van der Waals surface area contributed by atoms with Crippen LogP contribution >= 0.6 is 0 Å². The van der Waals surface area contributed by atoms with E-state index in [1.54, 1.807) is 0 Å². The first-order chi connectivity index (χ1) is 22.4. The van der Waals surface area contributed by atoms with E-state index < -0.39 is 41.8 Å². The summed E-state index contributed by atoms with van der Waals surface area (Å²) >= 11 is 0. The fraction of sp³-hybridized carbons (Fsp3) is 0.606. The highest BCUT2D eigenvalue weighted by Gasteiger charge is 2.64. The van der Waals surface area contributed by atoms with Crippen molar-refractivity contribution in [2.24, 2.45) is 30.2 Å². The minimum absolute atomic E-state index is 0.0219. The van der Waals surface area contributed by atoms with Crippen LogP contribution in [-0.4, -0.2) is 31.4 Å². The monoisotopic (exact) mass is 689 g/mol. The van der Waals surface area contributed by atoms with E-state index in [-0.39, 0.29) is 53.0 Å². The number of alkyl halides is 9. The van der Waals surface area contributed by atoms with Crippen molar-refractivity contribution in [2.75, 3.05) is 4.90 Å². The zero-order valence-electron chi connectivity index (χ0n) is 26.3. The normalized spacial score (nSPS) is 26.5. The average molecular weight is 690 g/mol. The molecule has 3 fully saturated rings. The highest BCUT2D eigenvalue weighted by atomic mass is 19.4. The summed E-state index contributed by atoms with van der Waals surface area (Å²) < 4.78 is 124. The summed E-state index contributed by atoms with van der Waals surface area (Å²) in [5, 5.41) is 22.6. The molecule has 0 aliphatic heterocycles. The maximum absolute atomic E-state index is 14.0. The molecule has 1 N–H and O–H groups in total. The number of anilines is 1. The first kappa shape index (κ1) is 34.5. The molecule has 0 radical (unpaired) electrons. The molecule has 1 aromatic heterocycles. The summed E-state index contributed by atoms with van der Waals surface area (Å²) in [4.78, 5) is 2.29. The molecular weight excluding hydrogens is 653 g/mol. The van der Waals surface area contributed by atoms with Crippen LogP contribution in [0.25, 0.3) is 0 Å². The number of tetrazole rings is 1. The molecule has 48 heavy (non-hydrogen) atoms. The second-order valence-electron chi connectivity index (χ2n) is 13.7. The number of benzene rings is 2. The fourth-order valence-electron chi connectivity index (χ4n) is 8.55. The molecule has 1 spiro atoms. The van der Waals surface area contributed by atoms with Gasteiger partial charge in [-0.25, -0.2) is 0 Å². The maximum Gasteiger partial charge on any atom is 0.416 e. The Hall–Kier alpha value is -3.36. The van der Waals surface area contributed by atoms with Crippen molar-refractivity contribution in [1.29, 1.82) is 0 Å². The summed E-state index contributed by atoms with van der Waals surface area (Å²) in [5.74, 6) is 0.517. The van der Waals surface area contributed by atoms with Crippen LogP contribution in [0.4, 0.5) is 45.5 Å². The van der Waals surface area contributed by atoms with Crippen molar-refractivity contribution >= 4 is 5.95 Å². The van der Waals surface area contributed by atoms with Gasteiger partial charge in [-0.15, -0.1) is 5.10 Å². The predicted octanol–water partition coefficient (Wildman–Crippen LogP) is 8.54. The molecule has 0 amide bonds. The van der Waals surface area contributed by atoms with Gasteiger partial charge in [-0.3, -0.25) is 0 Å². The molecule has 1 heterocycles. The lowest BCUT2D eigenvalue weighted by atomic mass is 9.67. The van der Waals surface area contributed by atoms with Crippen molar-refractivity contribution in [2.45, 2.75) is 95.5 Å². The minimum Gasteiger partial charge on any atom is -0.393 e. The van der Waals surface area contributed by atoms with Gasteiger partial charge in [0.1, 0.15) is 0 Å². The van der Waals surface area contributed by atoms with Gasteiger partial charge in [0.15, 0.2) is 0 Å². The highest BCUT2D eigenvalue weighted by molar-refractivity contribution is 5.43. The number of halogens is 9. The van der Waals surface area contributed by atoms with Crippen molar-refractivity contribution in [3.63, 3.8) is 0 Å². The lowest BCUT2D eigenvalue weighted by molar-refractivity contribution is -0.143. The lowest BCUT2D eigenvalue weighted by Crippen LogP contribution is -2.37. The van der Waals surface area contributed by atoms with Crippen molar-refractivity contribution in [1.82, 2.24) is 20.2 Å². The molecule has 3 unspecified atom stereocenters. The number of fused-ring (bicyclic) bond motifs is 1. The molecule has 0 saturated heterocycles. The van der Waals surface area contributed by atoms with Crippen LogP contribution in [0.5, 0.6) is 0 Å². The van der Waals surface area contributed by atoms with E-state index in [0.29, 0.717) is 36.0 Å². The van der Waals surface area contributed by atoms with Gasteiger partial charge in [-0.2, -0.15) is 44.3 Å². The first-order valence-corrected chi connectivity index (χ1v) is 16.0. The molecule has 3 aliphatic carbocycles. The van der Waals surface area contributed by atoms with Crippen LogP contribution < -0.4 is 4.90 Å². The van der Waals surface area contributed by atoms with Gasteiger partial charge in [0.2, 0.25) is 0 Å². The van der Waals surface area contributed by atoms with Gasteiger partial charge in [-0.05, 0) is 113 Å². The van der Waals surface area contributed by atoms with Crippen LogP contribution in [0, 0.1) is 23.2 Å². The first-order valence-electron chi connectivity index (χ1n) is 16.0. The number of hydrogen-bond acceptors (Lipinski definition) is 5. The predicted molar refractivity (Wildman–Crippen MR) is 156 cm³/mol. The Morgan fingerprint density at radius 2 is 1.50 bits per heavy atom. The second-order valence-corrected chi connectivity index (χ2v) is 13.7. The van der Waals surface area contributed by atoms with E-state index in [4.69, 9.17) is 0 Å². The van der Waals surface area contributed by atoms with Gasteiger partial charge < -0.3 is 10.0 Å². The Bertz CT molecular complexity index is 1590. The Morgan fingerprint density at radius 3 is 2.02 bits per heavy atom. The van der Waals surface area contributed by atoms with E-state index >= 15 is 0 Å². The number of nitrogens with zero attached hydrogens (tertiary/aromatic N) is 5. The Labute approximate surface area is 271 Å². The van der Waals surface area contributed by atoms with Crippen molar-refractivity contribution in [3.8, 4) is 0 Å². The van der Waals surface area contributed by atoms with Crippen molar-refractivity contribution < 1.29 is 44.6 Å². The maximum atomic E-state index is 14.0. The van der Waals surface area contributed by atoms with E-state index in [1.807, 2.05) is 6.92 Å². The highest BCUT2D eigenvalue weighted by Crippen LogP contribution is 2.71. The molecule has 6 rings (SSSR count). The molecule has 3 saturated carbocycles. The fourth-order valence-corrected chi connectivity index (χ4v) is 8.55. The molecule has 3 aliphatic rings. The lowest BCUT2D eigenvalue weighted by Gasteiger charge is -2.41. The van der Waals surface area contributed by atoms with E-state index in [1.165, 1.54) is 18.0 Å². The van der Waals surface area contributed by atoms with Gasteiger partial charge >= 0.3 is 18.5 Å². The number of aliphatic hydroxyl groups excluding tert-OH is 1. The Balaban J connectivity index is 1.36. The summed E-state index contributed by atoms with van der Waals surface area (Å²) in [6.07, 6.45) is -9.10. The molecule has 0 bridgehead atoms. The van der Waals surface area contributed by atoms with E-state index in [2.05, 4.69) is 15.4 Å². The van der Waals surface area contributed by atoms with Gasteiger partial charge in [0.05, 0.1) is 29.8 Å². The van der Waals surface area contributed by atoms with E-state index in [0.717, 1.165) is 55.5 Å². The quantitative estimate of drug-likeness (QED) is 0.240. The third kappa shape index (κ3) is 6.75.